The lowest BCUT2D eigenvalue weighted by atomic mass is 10.1. The molecule has 1 fully saturated rings. The van der Waals surface area contributed by atoms with Crippen molar-refractivity contribution in [2.45, 2.75) is 25.7 Å². The average molecular weight is 291 g/mol. The molecule has 0 radical (unpaired) electrons. The molecule has 116 valence electrons. The lowest BCUT2D eigenvalue weighted by Gasteiger charge is -2.19. The standard InChI is InChI=1S/C16H25N3O2/c1-21-15-11-13(10-14(17)12-15)16(20)18-6-9-19-7-4-2-3-5-8-19/h10-12H,2-9,17H2,1H3,(H,18,20). The first kappa shape index (κ1) is 15.6. The normalized spacial score (nSPS) is 16.2. The topological polar surface area (TPSA) is 67.6 Å². The number of carbonyl (C=O) groups excluding carboxylic acids is 1. The fourth-order valence-corrected chi connectivity index (χ4v) is 2.66. The number of hydrogen-bond acceptors (Lipinski definition) is 4. The number of nitrogens with two attached hydrogens (primary N) is 1. The number of likely N-dealkylation sites (tertiary alicyclic amines) is 1. The maximum atomic E-state index is 12.1. The molecule has 5 heteroatoms. The van der Waals surface area contributed by atoms with Crippen LogP contribution in [0.2, 0.25) is 0 Å². The molecule has 1 heterocycles. The van der Waals surface area contributed by atoms with Crippen LogP contribution in [0, 0.1) is 0 Å². The van der Waals surface area contributed by atoms with E-state index in [4.69, 9.17) is 10.5 Å². The molecule has 1 saturated heterocycles. The van der Waals surface area contributed by atoms with E-state index in [0.29, 0.717) is 23.5 Å². The Hall–Kier alpha value is -1.75. The predicted octanol–water partition coefficient (Wildman–Crippen LogP) is 1.88. The number of anilines is 1. The third-order valence-electron chi connectivity index (χ3n) is 3.84. The third-order valence-corrected chi connectivity index (χ3v) is 3.84. The number of nitrogens with one attached hydrogen (secondary N) is 1. The van der Waals surface area contributed by atoms with Crippen molar-refractivity contribution in [1.29, 1.82) is 0 Å². The number of ether oxygens (including phenoxy) is 1. The highest BCUT2D eigenvalue weighted by molar-refractivity contribution is 5.95. The van der Waals surface area contributed by atoms with Crippen molar-refractivity contribution < 1.29 is 9.53 Å². The van der Waals surface area contributed by atoms with Gasteiger partial charge >= 0.3 is 0 Å². The van der Waals surface area contributed by atoms with Crippen LogP contribution in [0.25, 0.3) is 0 Å². The minimum Gasteiger partial charge on any atom is -0.497 e. The van der Waals surface area contributed by atoms with Crippen molar-refractivity contribution in [2.24, 2.45) is 0 Å². The molecule has 1 amide bonds. The zero-order valence-corrected chi connectivity index (χ0v) is 12.7. The van der Waals surface area contributed by atoms with Crippen molar-refractivity contribution >= 4 is 11.6 Å². The predicted molar refractivity (Wildman–Crippen MR) is 84.6 cm³/mol. The summed E-state index contributed by atoms with van der Waals surface area (Å²) in [5.41, 5.74) is 6.85. The molecule has 0 spiro atoms. The van der Waals surface area contributed by atoms with Crippen LogP contribution in [0.3, 0.4) is 0 Å². The van der Waals surface area contributed by atoms with E-state index in [1.807, 2.05) is 0 Å². The van der Waals surface area contributed by atoms with Crippen molar-refractivity contribution in [3.63, 3.8) is 0 Å². The maximum Gasteiger partial charge on any atom is 0.251 e. The molecule has 1 aromatic carbocycles. The number of nitrogens with zero attached hydrogens (tertiary/aromatic N) is 1. The third kappa shape index (κ3) is 4.93. The Morgan fingerprint density at radius 3 is 2.62 bits per heavy atom. The minimum absolute atomic E-state index is 0.101. The first-order valence-electron chi connectivity index (χ1n) is 7.64. The van der Waals surface area contributed by atoms with Gasteiger partial charge in [-0.1, -0.05) is 12.8 Å². The second-order valence-corrected chi connectivity index (χ2v) is 5.51. The number of rotatable bonds is 5. The second kappa shape index (κ2) is 7.88. The first-order valence-corrected chi connectivity index (χ1v) is 7.64. The minimum atomic E-state index is -0.101. The van der Waals surface area contributed by atoms with Crippen LogP contribution in [0.15, 0.2) is 18.2 Å². The molecule has 0 atom stereocenters. The Bertz CT molecular complexity index is 469. The van der Waals surface area contributed by atoms with Gasteiger partial charge in [-0.05, 0) is 38.1 Å². The molecule has 21 heavy (non-hydrogen) atoms. The average Bonchev–Trinajstić information content (AvgIpc) is 2.75. The smallest absolute Gasteiger partial charge is 0.251 e. The second-order valence-electron chi connectivity index (χ2n) is 5.51. The number of carbonyl (C=O) groups is 1. The number of benzene rings is 1. The van der Waals surface area contributed by atoms with Gasteiger partial charge in [-0.25, -0.2) is 0 Å². The Labute approximate surface area is 126 Å². The van der Waals surface area contributed by atoms with Gasteiger partial charge in [0.2, 0.25) is 0 Å². The van der Waals surface area contributed by atoms with Crippen LogP contribution >= 0.6 is 0 Å². The van der Waals surface area contributed by atoms with Gasteiger partial charge in [-0.15, -0.1) is 0 Å². The molecule has 1 aromatic rings. The van der Waals surface area contributed by atoms with E-state index in [-0.39, 0.29) is 5.91 Å². The highest BCUT2D eigenvalue weighted by Crippen LogP contribution is 2.18. The molecule has 1 aliphatic heterocycles. The highest BCUT2D eigenvalue weighted by atomic mass is 16.5. The van der Waals surface area contributed by atoms with Gasteiger partial charge in [-0.2, -0.15) is 0 Å². The lowest BCUT2D eigenvalue weighted by molar-refractivity contribution is 0.0948. The molecule has 0 unspecified atom stereocenters. The van der Waals surface area contributed by atoms with Crippen LogP contribution in [0.1, 0.15) is 36.0 Å². The number of amides is 1. The molecule has 1 aliphatic rings. The van der Waals surface area contributed by atoms with Gasteiger partial charge in [0.1, 0.15) is 5.75 Å². The maximum absolute atomic E-state index is 12.1. The van der Waals surface area contributed by atoms with Gasteiger partial charge in [0.15, 0.2) is 0 Å². The van der Waals surface area contributed by atoms with Crippen molar-refractivity contribution in [3.05, 3.63) is 23.8 Å². The van der Waals surface area contributed by atoms with Gasteiger partial charge in [0.05, 0.1) is 7.11 Å². The molecule has 0 bridgehead atoms. The summed E-state index contributed by atoms with van der Waals surface area (Å²) in [6.45, 7) is 3.85. The molecular formula is C16H25N3O2. The van der Waals surface area contributed by atoms with Crippen LogP contribution in [0.5, 0.6) is 5.75 Å². The number of hydrogen-bond donors (Lipinski definition) is 2. The van der Waals surface area contributed by atoms with E-state index in [9.17, 15) is 4.79 Å². The molecular weight excluding hydrogens is 266 g/mol. The van der Waals surface area contributed by atoms with Crippen LogP contribution in [0.4, 0.5) is 5.69 Å². The van der Waals surface area contributed by atoms with Crippen molar-refractivity contribution in [1.82, 2.24) is 10.2 Å². The molecule has 0 aromatic heterocycles. The van der Waals surface area contributed by atoms with E-state index >= 15 is 0 Å². The quantitative estimate of drug-likeness (QED) is 0.813. The highest BCUT2D eigenvalue weighted by Gasteiger charge is 2.11. The molecule has 2 rings (SSSR count). The summed E-state index contributed by atoms with van der Waals surface area (Å²) < 4.78 is 5.13. The Morgan fingerprint density at radius 2 is 1.95 bits per heavy atom. The van der Waals surface area contributed by atoms with E-state index in [1.54, 1.807) is 25.3 Å². The van der Waals surface area contributed by atoms with Gasteiger partial charge < -0.3 is 20.7 Å². The molecule has 3 N–H and O–H groups in total. The van der Waals surface area contributed by atoms with Gasteiger partial charge in [0.25, 0.3) is 5.91 Å². The number of nitrogen functional groups attached to an aromatic ring is 1. The molecule has 0 aliphatic carbocycles. The summed E-state index contributed by atoms with van der Waals surface area (Å²) in [6.07, 6.45) is 5.18. The van der Waals surface area contributed by atoms with Crippen LogP contribution in [-0.2, 0) is 0 Å². The first-order chi connectivity index (χ1) is 10.2. The van der Waals surface area contributed by atoms with Crippen molar-refractivity contribution in [3.8, 4) is 5.75 Å². The zero-order valence-electron chi connectivity index (χ0n) is 12.7. The molecule has 0 saturated carbocycles. The summed E-state index contributed by atoms with van der Waals surface area (Å²) in [5, 5.41) is 2.95. The lowest BCUT2D eigenvalue weighted by Crippen LogP contribution is -2.35. The van der Waals surface area contributed by atoms with Gasteiger partial charge in [0, 0.05) is 30.4 Å². The van der Waals surface area contributed by atoms with E-state index in [1.165, 1.54) is 25.7 Å². The van der Waals surface area contributed by atoms with Gasteiger partial charge in [-0.3, -0.25) is 4.79 Å². The van der Waals surface area contributed by atoms with E-state index < -0.39 is 0 Å². The number of methoxy groups -OCH3 is 1. The van der Waals surface area contributed by atoms with E-state index in [0.717, 1.165) is 19.6 Å². The molecule has 5 nitrogen and oxygen atoms in total. The monoisotopic (exact) mass is 291 g/mol. The largest absolute Gasteiger partial charge is 0.497 e. The summed E-state index contributed by atoms with van der Waals surface area (Å²) in [7, 11) is 1.57. The fourth-order valence-electron chi connectivity index (χ4n) is 2.66. The van der Waals surface area contributed by atoms with E-state index in [2.05, 4.69) is 10.2 Å². The summed E-state index contributed by atoms with van der Waals surface area (Å²) >= 11 is 0. The van der Waals surface area contributed by atoms with Crippen LogP contribution in [-0.4, -0.2) is 44.1 Å². The summed E-state index contributed by atoms with van der Waals surface area (Å²) in [6, 6.07) is 5.08. The Kier molecular flexibility index (Phi) is 5.87. The summed E-state index contributed by atoms with van der Waals surface area (Å²) in [4.78, 5) is 14.6. The van der Waals surface area contributed by atoms with Crippen molar-refractivity contribution in [2.75, 3.05) is 39.0 Å². The fraction of sp³-hybridized carbons (Fsp3) is 0.562. The summed E-state index contributed by atoms with van der Waals surface area (Å²) in [5.74, 6) is 0.503. The Balaban J connectivity index is 1.82. The van der Waals surface area contributed by atoms with Crippen LogP contribution < -0.4 is 15.8 Å². The zero-order chi connectivity index (χ0) is 15.1. The SMILES string of the molecule is COc1cc(N)cc(C(=O)NCCN2CCCCCC2)c1. The Morgan fingerprint density at radius 1 is 1.24 bits per heavy atom.